The standard InChI is InChI=1S/C21H25FN4O3/c1-23-21(26-17-6-7-18-19(14-17)29-11-3-10-28-18)25-9-8-24-20(27)13-15-4-2-5-16(22)12-15/h2,4-7,12,14H,3,8-11,13H2,1H3,(H,24,27)(H2,23,25,26). The van der Waals surface area contributed by atoms with Crippen LogP contribution in [0.5, 0.6) is 11.5 Å². The second-order valence-electron chi connectivity index (χ2n) is 6.49. The molecule has 0 atom stereocenters. The number of ether oxygens (including phenoxy) is 2. The third-order valence-corrected chi connectivity index (χ3v) is 4.23. The molecule has 0 saturated carbocycles. The van der Waals surface area contributed by atoms with Gasteiger partial charge in [0.05, 0.1) is 19.6 Å². The number of rotatable bonds is 6. The van der Waals surface area contributed by atoms with Crippen LogP contribution in [-0.4, -0.2) is 45.2 Å². The lowest BCUT2D eigenvalue weighted by Crippen LogP contribution is -2.38. The summed E-state index contributed by atoms with van der Waals surface area (Å²) in [6, 6.07) is 11.7. The smallest absolute Gasteiger partial charge is 0.224 e. The van der Waals surface area contributed by atoms with E-state index in [0.717, 1.165) is 17.9 Å². The van der Waals surface area contributed by atoms with Crippen molar-refractivity contribution in [2.24, 2.45) is 4.99 Å². The molecule has 0 aliphatic carbocycles. The number of nitrogens with zero attached hydrogens (tertiary/aromatic N) is 1. The van der Waals surface area contributed by atoms with Crippen LogP contribution >= 0.6 is 0 Å². The lowest BCUT2D eigenvalue weighted by molar-refractivity contribution is -0.120. The lowest BCUT2D eigenvalue weighted by Gasteiger charge is -2.14. The van der Waals surface area contributed by atoms with Gasteiger partial charge in [-0.3, -0.25) is 9.79 Å². The van der Waals surface area contributed by atoms with E-state index in [2.05, 4.69) is 20.9 Å². The molecule has 3 rings (SSSR count). The first-order chi connectivity index (χ1) is 14.1. The van der Waals surface area contributed by atoms with Crippen LogP contribution in [0.25, 0.3) is 0 Å². The summed E-state index contributed by atoms with van der Waals surface area (Å²) in [6.45, 7) is 2.17. The Morgan fingerprint density at radius 3 is 2.66 bits per heavy atom. The quantitative estimate of drug-likeness (QED) is 0.394. The Hall–Kier alpha value is -3.29. The Bertz CT molecular complexity index is 873. The zero-order valence-electron chi connectivity index (χ0n) is 16.3. The van der Waals surface area contributed by atoms with E-state index >= 15 is 0 Å². The molecule has 7 nitrogen and oxygen atoms in total. The second kappa shape index (κ2) is 10.3. The van der Waals surface area contributed by atoms with Gasteiger partial charge in [-0.05, 0) is 29.8 Å². The molecular weight excluding hydrogens is 375 g/mol. The number of hydrogen-bond acceptors (Lipinski definition) is 4. The molecule has 0 radical (unpaired) electrons. The topological polar surface area (TPSA) is 84.0 Å². The average molecular weight is 400 g/mol. The number of hydrogen-bond donors (Lipinski definition) is 3. The second-order valence-corrected chi connectivity index (χ2v) is 6.49. The molecule has 0 spiro atoms. The van der Waals surface area contributed by atoms with Crippen molar-refractivity contribution in [3.05, 3.63) is 53.8 Å². The molecule has 8 heteroatoms. The lowest BCUT2D eigenvalue weighted by atomic mass is 10.1. The van der Waals surface area contributed by atoms with Crippen molar-refractivity contribution in [3.63, 3.8) is 0 Å². The number of aliphatic imine (C=N–C) groups is 1. The van der Waals surface area contributed by atoms with Crippen LogP contribution < -0.4 is 25.4 Å². The van der Waals surface area contributed by atoms with Crippen molar-refractivity contribution in [2.75, 3.05) is 38.7 Å². The van der Waals surface area contributed by atoms with Crippen LogP contribution in [-0.2, 0) is 11.2 Å². The number of fused-ring (bicyclic) bond motifs is 1. The number of carbonyl (C=O) groups is 1. The highest BCUT2D eigenvalue weighted by atomic mass is 19.1. The predicted molar refractivity (Wildman–Crippen MR) is 110 cm³/mol. The van der Waals surface area contributed by atoms with E-state index < -0.39 is 0 Å². The van der Waals surface area contributed by atoms with E-state index in [1.807, 2.05) is 18.2 Å². The number of halogens is 1. The van der Waals surface area contributed by atoms with Gasteiger partial charge in [-0.25, -0.2) is 4.39 Å². The van der Waals surface area contributed by atoms with Crippen LogP contribution in [0.2, 0.25) is 0 Å². The fourth-order valence-corrected chi connectivity index (χ4v) is 2.83. The summed E-state index contributed by atoms with van der Waals surface area (Å²) >= 11 is 0. The van der Waals surface area contributed by atoms with E-state index in [-0.39, 0.29) is 18.1 Å². The van der Waals surface area contributed by atoms with Gasteiger partial charge >= 0.3 is 0 Å². The minimum atomic E-state index is -0.346. The maximum absolute atomic E-state index is 13.2. The molecule has 1 heterocycles. The van der Waals surface area contributed by atoms with Gasteiger partial charge in [0.25, 0.3) is 0 Å². The van der Waals surface area contributed by atoms with Gasteiger partial charge in [-0.1, -0.05) is 12.1 Å². The number of nitrogens with one attached hydrogen (secondary N) is 3. The molecule has 154 valence electrons. The van der Waals surface area contributed by atoms with E-state index in [0.29, 0.717) is 43.6 Å². The fourth-order valence-electron chi connectivity index (χ4n) is 2.83. The molecule has 0 aromatic heterocycles. The highest BCUT2D eigenvalue weighted by Gasteiger charge is 2.11. The molecule has 0 bridgehead atoms. The maximum Gasteiger partial charge on any atom is 0.224 e. The summed E-state index contributed by atoms with van der Waals surface area (Å²) in [5, 5.41) is 9.11. The summed E-state index contributed by atoms with van der Waals surface area (Å²) in [4.78, 5) is 16.1. The number of carbonyl (C=O) groups excluding carboxylic acids is 1. The van der Waals surface area contributed by atoms with E-state index in [9.17, 15) is 9.18 Å². The predicted octanol–water partition coefficient (Wildman–Crippen LogP) is 2.33. The monoisotopic (exact) mass is 400 g/mol. The van der Waals surface area contributed by atoms with Crippen LogP contribution in [0.1, 0.15) is 12.0 Å². The first-order valence-corrected chi connectivity index (χ1v) is 9.52. The van der Waals surface area contributed by atoms with Gasteiger partial charge in [-0.15, -0.1) is 0 Å². The average Bonchev–Trinajstić information content (AvgIpc) is 2.95. The van der Waals surface area contributed by atoms with Crippen LogP contribution in [0.15, 0.2) is 47.5 Å². The number of amides is 1. The van der Waals surface area contributed by atoms with Gasteiger partial charge < -0.3 is 25.4 Å². The normalized spacial score (nSPS) is 13.4. The molecule has 3 N–H and O–H groups in total. The maximum atomic E-state index is 13.2. The summed E-state index contributed by atoms with van der Waals surface area (Å²) in [7, 11) is 1.67. The Morgan fingerprint density at radius 2 is 1.86 bits per heavy atom. The van der Waals surface area contributed by atoms with Gasteiger partial charge in [0.1, 0.15) is 5.82 Å². The van der Waals surface area contributed by atoms with Crippen LogP contribution in [0.3, 0.4) is 0 Å². The molecule has 0 unspecified atom stereocenters. The fraction of sp³-hybridized carbons (Fsp3) is 0.333. The molecule has 1 aliphatic heterocycles. The Morgan fingerprint density at radius 1 is 1.07 bits per heavy atom. The van der Waals surface area contributed by atoms with Gasteiger partial charge in [0, 0.05) is 38.3 Å². The zero-order valence-corrected chi connectivity index (χ0v) is 16.3. The molecule has 1 aliphatic rings. The van der Waals surface area contributed by atoms with E-state index in [1.165, 1.54) is 12.1 Å². The van der Waals surface area contributed by atoms with Crippen LogP contribution in [0.4, 0.5) is 10.1 Å². The summed E-state index contributed by atoms with van der Waals surface area (Å²) < 4.78 is 24.5. The molecule has 2 aromatic rings. The zero-order chi connectivity index (χ0) is 20.5. The Kier molecular flexibility index (Phi) is 7.27. The molecular formula is C21H25FN4O3. The SMILES string of the molecule is CN=C(NCCNC(=O)Cc1cccc(F)c1)Nc1ccc2c(c1)OCCCO2. The number of benzene rings is 2. The van der Waals surface area contributed by atoms with Crippen molar-refractivity contribution in [1.29, 1.82) is 0 Å². The summed E-state index contributed by atoms with van der Waals surface area (Å²) in [5.74, 6) is 1.49. The van der Waals surface area contributed by atoms with Gasteiger partial charge in [0.2, 0.25) is 5.91 Å². The minimum absolute atomic E-state index is 0.141. The van der Waals surface area contributed by atoms with Crippen molar-refractivity contribution in [2.45, 2.75) is 12.8 Å². The third kappa shape index (κ3) is 6.38. The summed E-state index contributed by atoms with van der Waals surface area (Å²) in [5.41, 5.74) is 1.46. The van der Waals surface area contributed by atoms with Crippen molar-refractivity contribution in [3.8, 4) is 11.5 Å². The van der Waals surface area contributed by atoms with E-state index in [4.69, 9.17) is 9.47 Å². The molecule has 0 fully saturated rings. The first kappa shape index (κ1) is 20.4. The number of guanidine groups is 1. The Labute approximate surface area is 169 Å². The molecule has 0 saturated heterocycles. The largest absolute Gasteiger partial charge is 0.490 e. The van der Waals surface area contributed by atoms with E-state index in [1.54, 1.807) is 19.2 Å². The minimum Gasteiger partial charge on any atom is -0.490 e. The van der Waals surface area contributed by atoms with Gasteiger partial charge in [-0.2, -0.15) is 0 Å². The van der Waals surface area contributed by atoms with Crippen LogP contribution in [0, 0.1) is 5.82 Å². The molecule has 2 aromatic carbocycles. The Balaban J connectivity index is 1.42. The third-order valence-electron chi connectivity index (χ3n) is 4.23. The van der Waals surface area contributed by atoms with Crippen molar-refractivity contribution < 1.29 is 18.7 Å². The number of anilines is 1. The summed E-state index contributed by atoms with van der Waals surface area (Å²) in [6.07, 6.45) is 0.994. The highest BCUT2D eigenvalue weighted by Crippen LogP contribution is 2.32. The molecule has 29 heavy (non-hydrogen) atoms. The first-order valence-electron chi connectivity index (χ1n) is 9.52. The molecule has 1 amide bonds. The van der Waals surface area contributed by atoms with Crippen molar-refractivity contribution >= 4 is 17.6 Å². The van der Waals surface area contributed by atoms with Gasteiger partial charge in [0.15, 0.2) is 17.5 Å². The highest BCUT2D eigenvalue weighted by molar-refractivity contribution is 5.93. The van der Waals surface area contributed by atoms with Crippen molar-refractivity contribution in [1.82, 2.24) is 10.6 Å².